The smallest absolute Gasteiger partial charge is 0.344 e. The van der Waals surface area contributed by atoms with Crippen molar-refractivity contribution in [2.75, 3.05) is 0 Å². The van der Waals surface area contributed by atoms with Gasteiger partial charge in [0, 0.05) is 0 Å². The highest BCUT2D eigenvalue weighted by molar-refractivity contribution is 6.04. The molecule has 0 radical (unpaired) electrons. The van der Waals surface area contributed by atoms with Gasteiger partial charge in [-0.3, -0.25) is 0 Å². The van der Waals surface area contributed by atoms with Gasteiger partial charge in [0.05, 0.1) is 11.1 Å². The van der Waals surface area contributed by atoms with E-state index < -0.39 is 11.9 Å². The summed E-state index contributed by atoms with van der Waals surface area (Å²) in [5.41, 5.74) is 2.63. The second-order valence-corrected chi connectivity index (χ2v) is 7.77. The SMILES string of the molecule is CC(C)c1ccc(OC(=O)c2ccccc2C(=O)Oc2ccc(C(C)C)cc2)cc1. The summed E-state index contributed by atoms with van der Waals surface area (Å²) in [5, 5.41) is 0. The molecule has 0 spiro atoms. The first-order valence-corrected chi connectivity index (χ1v) is 10.1. The minimum atomic E-state index is -0.602. The Morgan fingerprint density at radius 3 is 1.20 bits per heavy atom. The van der Waals surface area contributed by atoms with Gasteiger partial charge in [0.15, 0.2) is 0 Å². The van der Waals surface area contributed by atoms with Gasteiger partial charge in [0.1, 0.15) is 11.5 Å². The van der Waals surface area contributed by atoms with Crippen LogP contribution in [0.2, 0.25) is 0 Å². The van der Waals surface area contributed by atoms with Crippen LogP contribution in [0.3, 0.4) is 0 Å². The molecule has 0 aliphatic carbocycles. The van der Waals surface area contributed by atoms with E-state index in [1.807, 2.05) is 24.3 Å². The van der Waals surface area contributed by atoms with Crippen LogP contribution in [0, 0.1) is 0 Å². The molecular formula is C26H26O4. The van der Waals surface area contributed by atoms with Gasteiger partial charge in [0.25, 0.3) is 0 Å². The molecule has 0 N–H and O–H groups in total. The number of rotatable bonds is 6. The lowest BCUT2D eigenvalue weighted by atomic mass is 10.0. The van der Waals surface area contributed by atoms with E-state index >= 15 is 0 Å². The third-order valence-corrected chi connectivity index (χ3v) is 4.88. The zero-order valence-electron chi connectivity index (χ0n) is 17.7. The number of benzene rings is 3. The van der Waals surface area contributed by atoms with Gasteiger partial charge in [-0.1, -0.05) is 64.1 Å². The molecule has 0 fully saturated rings. The van der Waals surface area contributed by atoms with Crippen molar-refractivity contribution < 1.29 is 19.1 Å². The lowest BCUT2D eigenvalue weighted by molar-refractivity contribution is 0.0692. The number of hydrogen-bond donors (Lipinski definition) is 0. The van der Waals surface area contributed by atoms with Crippen molar-refractivity contribution in [2.45, 2.75) is 39.5 Å². The average Bonchev–Trinajstić information content (AvgIpc) is 2.74. The summed E-state index contributed by atoms with van der Waals surface area (Å²) in [6.07, 6.45) is 0. The number of hydrogen-bond acceptors (Lipinski definition) is 4. The summed E-state index contributed by atoms with van der Waals surface area (Å²) in [6, 6.07) is 21.2. The average molecular weight is 402 g/mol. The van der Waals surface area contributed by atoms with Gasteiger partial charge >= 0.3 is 11.9 Å². The summed E-state index contributed by atoms with van der Waals surface area (Å²) in [7, 11) is 0. The van der Waals surface area contributed by atoms with Crippen molar-refractivity contribution in [3.63, 3.8) is 0 Å². The molecule has 0 unspecified atom stereocenters. The van der Waals surface area contributed by atoms with E-state index in [0.717, 1.165) is 11.1 Å². The molecule has 0 amide bonds. The Balaban J connectivity index is 1.75. The molecule has 0 bridgehead atoms. The van der Waals surface area contributed by atoms with Crippen molar-refractivity contribution in [1.82, 2.24) is 0 Å². The largest absolute Gasteiger partial charge is 0.423 e. The normalized spacial score (nSPS) is 10.9. The van der Waals surface area contributed by atoms with Crippen LogP contribution in [0.25, 0.3) is 0 Å². The fourth-order valence-corrected chi connectivity index (χ4v) is 3.00. The van der Waals surface area contributed by atoms with E-state index in [2.05, 4.69) is 27.7 Å². The van der Waals surface area contributed by atoms with E-state index in [4.69, 9.17) is 9.47 Å². The van der Waals surface area contributed by atoms with E-state index in [-0.39, 0.29) is 11.1 Å². The maximum Gasteiger partial charge on any atom is 0.344 e. The molecule has 0 heterocycles. The van der Waals surface area contributed by atoms with Crippen molar-refractivity contribution in [3.05, 3.63) is 95.1 Å². The molecule has 0 aliphatic heterocycles. The molecule has 30 heavy (non-hydrogen) atoms. The standard InChI is InChI=1S/C26H26O4/c1-17(2)19-9-13-21(14-10-19)29-25(27)23-7-5-6-8-24(23)26(28)30-22-15-11-20(12-16-22)18(3)4/h5-18H,1-4H3. The molecule has 4 heteroatoms. The number of carbonyl (C=O) groups excluding carboxylic acids is 2. The van der Waals surface area contributed by atoms with Gasteiger partial charge in [-0.25, -0.2) is 9.59 Å². The second-order valence-electron chi connectivity index (χ2n) is 7.77. The Kier molecular flexibility index (Phi) is 6.68. The Hall–Kier alpha value is -3.40. The molecule has 4 nitrogen and oxygen atoms in total. The summed E-state index contributed by atoms with van der Waals surface area (Å²) >= 11 is 0. The predicted octanol–water partition coefficient (Wildman–Crippen LogP) is 6.37. The predicted molar refractivity (Wildman–Crippen MR) is 117 cm³/mol. The number of ether oxygens (including phenoxy) is 2. The van der Waals surface area contributed by atoms with Crippen LogP contribution >= 0.6 is 0 Å². The van der Waals surface area contributed by atoms with Crippen molar-refractivity contribution in [3.8, 4) is 11.5 Å². The molecule has 3 aromatic carbocycles. The maximum atomic E-state index is 12.7. The van der Waals surface area contributed by atoms with Crippen molar-refractivity contribution >= 4 is 11.9 Å². The Morgan fingerprint density at radius 2 is 0.900 bits per heavy atom. The number of carbonyl (C=O) groups is 2. The Morgan fingerprint density at radius 1 is 0.567 bits per heavy atom. The molecule has 3 rings (SSSR count). The van der Waals surface area contributed by atoms with E-state index in [1.165, 1.54) is 0 Å². The third-order valence-electron chi connectivity index (χ3n) is 4.88. The summed E-state index contributed by atoms with van der Waals surface area (Å²) in [5.74, 6) is 0.429. The van der Waals surface area contributed by atoms with Crippen molar-refractivity contribution in [2.24, 2.45) is 0 Å². The van der Waals surface area contributed by atoms with Crippen LogP contribution in [0.1, 0.15) is 71.4 Å². The minimum Gasteiger partial charge on any atom is -0.423 e. The van der Waals surface area contributed by atoms with E-state index in [9.17, 15) is 9.59 Å². The molecule has 0 atom stereocenters. The Labute approximate surface area is 177 Å². The first-order chi connectivity index (χ1) is 14.3. The highest BCUT2D eigenvalue weighted by atomic mass is 16.5. The van der Waals surface area contributed by atoms with Gasteiger partial charge in [0.2, 0.25) is 0 Å². The molecule has 0 saturated carbocycles. The number of esters is 2. The van der Waals surface area contributed by atoms with Crippen LogP contribution < -0.4 is 9.47 Å². The van der Waals surface area contributed by atoms with E-state index in [0.29, 0.717) is 23.3 Å². The van der Waals surface area contributed by atoms with Crippen LogP contribution in [0.5, 0.6) is 11.5 Å². The topological polar surface area (TPSA) is 52.6 Å². The maximum absolute atomic E-state index is 12.7. The van der Waals surface area contributed by atoms with Gasteiger partial charge < -0.3 is 9.47 Å². The van der Waals surface area contributed by atoms with Crippen molar-refractivity contribution in [1.29, 1.82) is 0 Å². The van der Waals surface area contributed by atoms with Gasteiger partial charge in [-0.2, -0.15) is 0 Å². The molecule has 0 aromatic heterocycles. The quantitative estimate of drug-likeness (QED) is 0.355. The van der Waals surface area contributed by atoms with Crippen LogP contribution in [0.15, 0.2) is 72.8 Å². The highest BCUT2D eigenvalue weighted by Gasteiger charge is 2.20. The summed E-state index contributed by atoms with van der Waals surface area (Å²) in [6.45, 7) is 8.39. The Bertz CT molecular complexity index is 931. The van der Waals surface area contributed by atoms with E-state index in [1.54, 1.807) is 48.5 Å². The monoisotopic (exact) mass is 402 g/mol. The fourth-order valence-electron chi connectivity index (χ4n) is 3.00. The fraction of sp³-hybridized carbons (Fsp3) is 0.231. The molecule has 154 valence electrons. The van der Waals surface area contributed by atoms with Gasteiger partial charge in [-0.05, 0) is 59.4 Å². The zero-order valence-corrected chi connectivity index (χ0v) is 17.7. The molecular weight excluding hydrogens is 376 g/mol. The van der Waals surface area contributed by atoms with Gasteiger partial charge in [-0.15, -0.1) is 0 Å². The van der Waals surface area contributed by atoms with Crippen LogP contribution in [-0.4, -0.2) is 11.9 Å². The molecule has 0 aliphatic rings. The minimum absolute atomic E-state index is 0.161. The summed E-state index contributed by atoms with van der Waals surface area (Å²) in [4.78, 5) is 25.4. The second kappa shape index (κ2) is 9.40. The zero-order chi connectivity index (χ0) is 21.7. The highest BCUT2D eigenvalue weighted by Crippen LogP contribution is 2.22. The first kappa shape index (κ1) is 21.3. The first-order valence-electron chi connectivity index (χ1n) is 10.1. The summed E-state index contributed by atoms with van der Waals surface area (Å²) < 4.78 is 10.9. The van der Waals surface area contributed by atoms with Crippen LogP contribution in [0.4, 0.5) is 0 Å². The lowest BCUT2D eigenvalue weighted by Gasteiger charge is -2.11. The third kappa shape index (κ3) is 5.15. The lowest BCUT2D eigenvalue weighted by Crippen LogP contribution is -2.17. The molecule has 3 aromatic rings. The molecule has 0 saturated heterocycles. The van der Waals surface area contributed by atoms with Crippen LogP contribution in [-0.2, 0) is 0 Å².